The number of anilines is 1. The molecule has 0 aliphatic carbocycles. The van der Waals surface area contributed by atoms with Gasteiger partial charge in [0.05, 0.1) is 0 Å². The summed E-state index contributed by atoms with van der Waals surface area (Å²) >= 11 is 0. The molecular weight excluding hydrogens is 318 g/mol. The maximum atomic E-state index is 3.45. The zero-order chi connectivity index (χ0) is 19.0. The molecule has 1 aromatic carbocycles. The summed E-state index contributed by atoms with van der Waals surface area (Å²) in [6, 6.07) is 10.8. The van der Waals surface area contributed by atoms with Gasteiger partial charge in [-0.2, -0.15) is 0 Å². The van der Waals surface area contributed by atoms with Crippen LogP contribution < -0.4 is 10.2 Å². The Kier molecular flexibility index (Phi) is 13.3. The molecule has 2 saturated heterocycles. The van der Waals surface area contributed by atoms with Crippen molar-refractivity contribution in [1.82, 2.24) is 10.2 Å². The summed E-state index contributed by atoms with van der Waals surface area (Å²) in [5.74, 6) is 0.921. The summed E-state index contributed by atoms with van der Waals surface area (Å²) < 4.78 is 0. The fraction of sp³-hybridized carbons (Fsp3) is 0.739. The molecule has 0 amide bonds. The van der Waals surface area contributed by atoms with Crippen molar-refractivity contribution in [3.8, 4) is 0 Å². The fourth-order valence-electron chi connectivity index (χ4n) is 3.26. The first kappa shape index (κ1) is 23.0. The molecule has 0 spiro atoms. The molecule has 3 nitrogen and oxygen atoms in total. The van der Waals surface area contributed by atoms with Gasteiger partial charge in [0.1, 0.15) is 0 Å². The lowest BCUT2D eigenvalue weighted by atomic mass is 9.97. The third kappa shape index (κ3) is 9.59. The van der Waals surface area contributed by atoms with Crippen LogP contribution in [0.5, 0.6) is 0 Å². The van der Waals surface area contributed by atoms with Crippen molar-refractivity contribution in [3.63, 3.8) is 0 Å². The Bertz CT molecular complexity index is 405. The lowest BCUT2D eigenvalue weighted by Gasteiger charge is -2.38. The van der Waals surface area contributed by atoms with E-state index >= 15 is 0 Å². The predicted molar refractivity (Wildman–Crippen MR) is 117 cm³/mol. The van der Waals surface area contributed by atoms with E-state index in [1.807, 2.05) is 0 Å². The van der Waals surface area contributed by atoms with E-state index in [1.54, 1.807) is 0 Å². The van der Waals surface area contributed by atoms with Gasteiger partial charge < -0.3 is 10.2 Å². The molecule has 26 heavy (non-hydrogen) atoms. The molecular formula is C23H43N3. The molecule has 3 rings (SSSR count). The van der Waals surface area contributed by atoms with Crippen molar-refractivity contribution >= 4 is 5.69 Å². The van der Waals surface area contributed by atoms with Crippen LogP contribution in [0.25, 0.3) is 0 Å². The Balaban J connectivity index is 0.000000419. The van der Waals surface area contributed by atoms with E-state index in [2.05, 4.69) is 73.1 Å². The summed E-state index contributed by atoms with van der Waals surface area (Å²) in [6.07, 6.45) is 6.61. The minimum atomic E-state index is 0.921. The molecule has 0 aromatic heterocycles. The minimum Gasteiger partial charge on any atom is -0.369 e. The van der Waals surface area contributed by atoms with Crippen molar-refractivity contribution in [3.05, 3.63) is 30.3 Å². The van der Waals surface area contributed by atoms with Crippen LogP contribution in [-0.2, 0) is 0 Å². The summed E-state index contributed by atoms with van der Waals surface area (Å²) in [4.78, 5) is 5.17. The van der Waals surface area contributed by atoms with Crippen LogP contribution in [0.3, 0.4) is 0 Å². The number of hydrogen-bond donors (Lipinski definition) is 1. The van der Waals surface area contributed by atoms with Crippen molar-refractivity contribution in [2.45, 2.75) is 59.8 Å². The molecule has 0 unspecified atom stereocenters. The van der Waals surface area contributed by atoms with Crippen LogP contribution in [0.4, 0.5) is 5.69 Å². The van der Waals surface area contributed by atoms with E-state index in [-0.39, 0.29) is 0 Å². The Labute approximate surface area is 163 Å². The van der Waals surface area contributed by atoms with Gasteiger partial charge in [-0.15, -0.1) is 0 Å². The fourth-order valence-corrected chi connectivity index (χ4v) is 3.26. The van der Waals surface area contributed by atoms with Crippen LogP contribution in [0.15, 0.2) is 30.3 Å². The SMILES string of the molecule is CCC.CCCC.c1ccc(N2CCN(CC3CCNCC3)CC2)cc1. The largest absolute Gasteiger partial charge is 0.369 e. The van der Waals surface area contributed by atoms with Gasteiger partial charge in [-0.25, -0.2) is 0 Å². The highest BCUT2D eigenvalue weighted by atomic mass is 15.3. The van der Waals surface area contributed by atoms with E-state index in [0.29, 0.717) is 0 Å². The molecule has 0 radical (unpaired) electrons. The summed E-state index contributed by atoms with van der Waals surface area (Å²) in [7, 11) is 0. The summed E-state index contributed by atoms with van der Waals surface area (Å²) in [5.41, 5.74) is 1.38. The second-order valence-corrected chi connectivity index (χ2v) is 7.52. The topological polar surface area (TPSA) is 18.5 Å². The number of unbranched alkanes of at least 4 members (excludes halogenated alkanes) is 1. The molecule has 2 aliphatic rings. The molecule has 1 N–H and O–H groups in total. The lowest BCUT2D eigenvalue weighted by molar-refractivity contribution is 0.196. The zero-order valence-corrected chi connectivity index (χ0v) is 17.8. The van der Waals surface area contributed by atoms with Gasteiger partial charge >= 0.3 is 0 Å². The Morgan fingerprint density at radius 2 is 1.38 bits per heavy atom. The molecule has 1 aromatic rings. The highest BCUT2D eigenvalue weighted by Gasteiger charge is 2.21. The zero-order valence-electron chi connectivity index (χ0n) is 17.8. The Morgan fingerprint density at radius 3 is 1.88 bits per heavy atom. The van der Waals surface area contributed by atoms with Crippen molar-refractivity contribution in [1.29, 1.82) is 0 Å². The minimum absolute atomic E-state index is 0.921. The summed E-state index contributed by atoms with van der Waals surface area (Å²) in [6.45, 7) is 17.1. The quantitative estimate of drug-likeness (QED) is 0.811. The third-order valence-electron chi connectivity index (χ3n) is 4.97. The normalized spacial score (nSPS) is 18.4. The molecule has 0 bridgehead atoms. The number of nitrogens with zero attached hydrogens (tertiary/aromatic N) is 2. The maximum absolute atomic E-state index is 3.45. The van der Waals surface area contributed by atoms with Crippen LogP contribution in [0, 0.1) is 5.92 Å². The number of nitrogens with one attached hydrogen (secondary N) is 1. The molecule has 0 atom stereocenters. The molecule has 150 valence electrons. The third-order valence-corrected chi connectivity index (χ3v) is 4.97. The number of para-hydroxylation sites is 1. The smallest absolute Gasteiger partial charge is 0.0367 e. The molecule has 3 heteroatoms. The lowest BCUT2D eigenvalue weighted by Crippen LogP contribution is -2.48. The van der Waals surface area contributed by atoms with Gasteiger partial charge in [0, 0.05) is 38.4 Å². The first-order valence-corrected chi connectivity index (χ1v) is 11.0. The highest BCUT2D eigenvalue weighted by molar-refractivity contribution is 5.46. The number of piperidine rings is 1. The average Bonchev–Trinajstić information content (AvgIpc) is 2.71. The van der Waals surface area contributed by atoms with Gasteiger partial charge in [0.25, 0.3) is 0 Å². The number of piperazine rings is 1. The second-order valence-electron chi connectivity index (χ2n) is 7.52. The van der Waals surface area contributed by atoms with E-state index in [4.69, 9.17) is 0 Å². The van der Waals surface area contributed by atoms with Crippen molar-refractivity contribution in [2.24, 2.45) is 5.92 Å². The van der Waals surface area contributed by atoms with Gasteiger partial charge in [0.15, 0.2) is 0 Å². The van der Waals surface area contributed by atoms with Crippen molar-refractivity contribution in [2.75, 3.05) is 50.7 Å². The number of hydrogen-bond acceptors (Lipinski definition) is 3. The molecule has 2 aliphatic heterocycles. The number of benzene rings is 1. The maximum Gasteiger partial charge on any atom is 0.0367 e. The van der Waals surface area contributed by atoms with E-state index in [0.717, 1.165) is 5.92 Å². The average molecular weight is 362 g/mol. The van der Waals surface area contributed by atoms with E-state index in [1.165, 1.54) is 83.6 Å². The molecule has 2 heterocycles. The molecule has 0 saturated carbocycles. The van der Waals surface area contributed by atoms with Crippen molar-refractivity contribution < 1.29 is 0 Å². The Hall–Kier alpha value is -1.06. The monoisotopic (exact) mass is 361 g/mol. The molecule has 2 fully saturated rings. The van der Waals surface area contributed by atoms with Crippen LogP contribution in [0.2, 0.25) is 0 Å². The van der Waals surface area contributed by atoms with Crippen LogP contribution >= 0.6 is 0 Å². The van der Waals surface area contributed by atoms with Gasteiger partial charge in [-0.3, -0.25) is 4.90 Å². The Morgan fingerprint density at radius 1 is 0.846 bits per heavy atom. The predicted octanol–water partition coefficient (Wildman–Crippen LogP) is 5.03. The first-order chi connectivity index (χ1) is 12.7. The highest BCUT2D eigenvalue weighted by Crippen LogP contribution is 2.18. The van der Waals surface area contributed by atoms with Gasteiger partial charge in [0.2, 0.25) is 0 Å². The second kappa shape index (κ2) is 15.0. The number of rotatable bonds is 4. The van der Waals surface area contributed by atoms with Gasteiger partial charge in [-0.1, -0.05) is 65.2 Å². The summed E-state index contributed by atoms with van der Waals surface area (Å²) in [5, 5.41) is 3.45. The van der Waals surface area contributed by atoms with Gasteiger partial charge in [-0.05, 0) is 44.0 Å². The van der Waals surface area contributed by atoms with Crippen LogP contribution in [0.1, 0.15) is 59.8 Å². The van der Waals surface area contributed by atoms with E-state index in [9.17, 15) is 0 Å². The standard InChI is InChI=1S/C16H25N3.C4H10.C3H8/c1-2-4-16(5-3-1)19-12-10-18(11-13-19)14-15-6-8-17-9-7-15;1-3-4-2;1-3-2/h1-5,15,17H,6-14H2;3-4H2,1-2H3;3H2,1-2H3. The first-order valence-electron chi connectivity index (χ1n) is 11.0. The van der Waals surface area contributed by atoms with Crippen LogP contribution in [-0.4, -0.2) is 50.7 Å². The van der Waals surface area contributed by atoms with E-state index < -0.39 is 0 Å².